The number of carbonyl (C=O) groups excluding carboxylic acids is 2. The molecule has 23 heavy (non-hydrogen) atoms. The number of benzene rings is 2. The van der Waals surface area contributed by atoms with Crippen molar-refractivity contribution < 1.29 is 14.3 Å². The molecule has 0 heterocycles. The van der Waals surface area contributed by atoms with E-state index in [0.29, 0.717) is 22.1 Å². The summed E-state index contributed by atoms with van der Waals surface area (Å²) in [5, 5.41) is 0.444. The van der Waals surface area contributed by atoms with Crippen LogP contribution >= 0.6 is 11.6 Å². The van der Waals surface area contributed by atoms with Gasteiger partial charge in [0.05, 0.1) is 18.0 Å². The van der Waals surface area contributed by atoms with Crippen LogP contribution in [0, 0.1) is 0 Å². The number of halogens is 1. The Morgan fingerprint density at radius 2 is 1.87 bits per heavy atom. The average molecular weight is 333 g/mol. The first-order valence-corrected chi connectivity index (χ1v) is 7.49. The molecule has 2 aromatic carbocycles. The van der Waals surface area contributed by atoms with Crippen molar-refractivity contribution >= 4 is 40.5 Å². The van der Waals surface area contributed by atoms with E-state index < -0.39 is 11.9 Å². The van der Waals surface area contributed by atoms with Gasteiger partial charge in [0, 0.05) is 10.7 Å². The van der Waals surface area contributed by atoms with Crippen molar-refractivity contribution in [2.24, 2.45) is 0 Å². The van der Waals surface area contributed by atoms with E-state index >= 15 is 0 Å². The molecule has 0 fully saturated rings. The maximum absolute atomic E-state index is 12.6. The highest BCUT2D eigenvalue weighted by atomic mass is 35.5. The van der Waals surface area contributed by atoms with E-state index in [9.17, 15) is 9.59 Å². The van der Waals surface area contributed by atoms with E-state index in [0.717, 1.165) is 0 Å². The number of ether oxygens (including phenoxy) is 1. The predicted octanol–water partition coefficient (Wildman–Crippen LogP) is 3.54. The molecule has 0 aliphatic rings. The van der Waals surface area contributed by atoms with Crippen LogP contribution in [0.2, 0.25) is 5.02 Å². The van der Waals surface area contributed by atoms with Gasteiger partial charge < -0.3 is 10.5 Å². The van der Waals surface area contributed by atoms with Crippen molar-refractivity contribution in [3.8, 4) is 0 Å². The number of carbonyl (C=O) groups is 2. The highest BCUT2D eigenvalue weighted by Gasteiger charge is 2.23. The summed E-state index contributed by atoms with van der Waals surface area (Å²) in [5.74, 6) is -1.03. The first-order valence-electron chi connectivity index (χ1n) is 7.11. The fourth-order valence-corrected chi connectivity index (χ4v) is 2.29. The first-order chi connectivity index (χ1) is 11.0. The minimum absolute atomic E-state index is 0.219. The molecule has 120 valence electrons. The molecule has 0 radical (unpaired) electrons. The van der Waals surface area contributed by atoms with E-state index in [-0.39, 0.29) is 13.0 Å². The Hall–Kier alpha value is -2.53. The normalized spacial score (nSPS) is 10.2. The van der Waals surface area contributed by atoms with E-state index in [1.54, 1.807) is 49.4 Å². The second-order valence-corrected chi connectivity index (χ2v) is 5.19. The largest absolute Gasteiger partial charge is 0.466 e. The van der Waals surface area contributed by atoms with Crippen molar-refractivity contribution in [1.29, 1.82) is 0 Å². The molecule has 0 saturated carbocycles. The molecule has 6 heteroatoms. The van der Waals surface area contributed by atoms with Gasteiger partial charge in [0.15, 0.2) is 0 Å². The van der Waals surface area contributed by atoms with Gasteiger partial charge in [-0.3, -0.25) is 14.5 Å². The van der Waals surface area contributed by atoms with Crippen molar-refractivity contribution in [2.45, 2.75) is 13.3 Å². The fraction of sp³-hybridized carbons (Fsp3) is 0.176. The SMILES string of the molecule is CCOC(=O)CC(=O)N(c1ccccc1)c1cc(Cl)ccc1N. The van der Waals surface area contributed by atoms with Gasteiger partial charge in [0.25, 0.3) is 0 Å². The van der Waals surface area contributed by atoms with Gasteiger partial charge in [-0.05, 0) is 37.3 Å². The standard InChI is InChI=1S/C17H17ClN2O3/c1-2-23-17(22)11-16(21)20(13-6-4-3-5-7-13)15-10-12(18)8-9-14(15)19/h3-10H,2,11,19H2,1H3. The van der Waals surface area contributed by atoms with Crippen molar-refractivity contribution in [3.63, 3.8) is 0 Å². The smallest absolute Gasteiger partial charge is 0.315 e. The Kier molecular flexibility index (Phi) is 5.60. The molecule has 2 aromatic rings. The van der Waals surface area contributed by atoms with Gasteiger partial charge >= 0.3 is 5.97 Å². The maximum Gasteiger partial charge on any atom is 0.315 e. The second-order valence-electron chi connectivity index (χ2n) is 4.75. The Labute approximate surface area is 139 Å². The lowest BCUT2D eigenvalue weighted by molar-refractivity contribution is -0.145. The quantitative estimate of drug-likeness (QED) is 0.516. The predicted molar refractivity (Wildman–Crippen MR) is 90.7 cm³/mol. The monoisotopic (exact) mass is 332 g/mol. The Bertz CT molecular complexity index is 704. The van der Waals surface area contributed by atoms with Gasteiger partial charge in [0.2, 0.25) is 5.91 Å². The molecule has 0 aliphatic carbocycles. The zero-order valence-corrected chi connectivity index (χ0v) is 13.4. The van der Waals surface area contributed by atoms with Crippen LogP contribution in [0.4, 0.5) is 17.1 Å². The maximum atomic E-state index is 12.6. The highest BCUT2D eigenvalue weighted by molar-refractivity contribution is 6.31. The van der Waals surface area contributed by atoms with Gasteiger partial charge in [-0.2, -0.15) is 0 Å². The van der Waals surface area contributed by atoms with Crippen LogP contribution in [0.15, 0.2) is 48.5 Å². The van der Waals surface area contributed by atoms with Crippen molar-refractivity contribution in [3.05, 3.63) is 53.6 Å². The number of para-hydroxylation sites is 1. The third kappa shape index (κ3) is 4.23. The Morgan fingerprint density at radius 1 is 1.17 bits per heavy atom. The number of hydrogen-bond acceptors (Lipinski definition) is 4. The molecule has 0 unspecified atom stereocenters. The molecule has 0 bridgehead atoms. The summed E-state index contributed by atoms with van der Waals surface area (Å²) < 4.78 is 4.84. The van der Waals surface area contributed by atoms with Crippen LogP contribution in [0.1, 0.15) is 13.3 Å². The summed E-state index contributed by atoms with van der Waals surface area (Å²) in [6.45, 7) is 1.91. The van der Waals surface area contributed by atoms with E-state index in [1.165, 1.54) is 4.90 Å². The number of rotatable bonds is 5. The molecule has 0 atom stereocenters. The summed E-state index contributed by atoms with van der Waals surface area (Å²) >= 11 is 6.02. The molecule has 0 saturated heterocycles. The summed E-state index contributed by atoms with van der Waals surface area (Å²) in [6, 6.07) is 13.8. The summed E-state index contributed by atoms with van der Waals surface area (Å²) in [5.41, 5.74) is 7.39. The number of anilines is 3. The van der Waals surface area contributed by atoms with Crippen LogP contribution < -0.4 is 10.6 Å². The number of hydrogen-bond donors (Lipinski definition) is 1. The number of amides is 1. The summed E-state index contributed by atoms with van der Waals surface area (Å²) in [4.78, 5) is 25.6. The first kappa shape index (κ1) is 16.8. The lowest BCUT2D eigenvalue weighted by Gasteiger charge is -2.24. The Morgan fingerprint density at radius 3 is 2.52 bits per heavy atom. The summed E-state index contributed by atoms with van der Waals surface area (Å²) in [7, 11) is 0. The molecule has 2 N–H and O–H groups in total. The highest BCUT2D eigenvalue weighted by Crippen LogP contribution is 2.33. The summed E-state index contributed by atoms with van der Waals surface area (Å²) in [6.07, 6.45) is -0.380. The zero-order chi connectivity index (χ0) is 16.8. The molecule has 0 aromatic heterocycles. The van der Waals surface area contributed by atoms with Crippen LogP contribution in [-0.2, 0) is 14.3 Å². The number of nitrogens with zero attached hydrogens (tertiary/aromatic N) is 1. The van der Waals surface area contributed by atoms with Gasteiger partial charge in [-0.25, -0.2) is 0 Å². The minimum Gasteiger partial charge on any atom is -0.466 e. The molecule has 5 nitrogen and oxygen atoms in total. The van der Waals surface area contributed by atoms with Crippen LogP contribution in [0.5, 0.6) is 0 Å². The molecule has 2 rings (SSSR count). The Balaban J connectivity index is 2.42. The minimum atomic E-state index is -0.584. The van der Waals surface area contributed by atoms with Gasteiger partial charge in [-0.1, -0.05) is 29.8 Å². The van der Waals surface area contributed by atoms with Crippen LogP contribution in [0.3, 0.4) is 0 Å². The lowest BCUT2D eigenvalue weighted by atomic mass is 10.2. The van der Waals surface area contributed by atoms with Gasteiger partial charge in [0.1, 0.15) is 6.42 Å². The average Bonchev–Trinajstić information content (AvgIpc) is 2.52. The number of nitrogen functional groups attached to an aromatic ring is 1. The topological polar surface area (TPSA) is 72.6 Å². The van der Waals surface area contributed by atoms with Gasteiger partial charge in [-0.15, -0.1) is 0 Å². The molecular formula is C17H17ClN2O3. The van der Waals surface area contributed by atoms with Crippen molar-refractivity contribution in [2.75, 3.05) is 17.2 Å². The third-order valence-electron chi connectivity index (χ3n) is 3.10. The van der Waals surface area contributed by atoms with E-state index in [2.05, 4.69) is 0 Å². The van der Waals surface area contributed by atoms with Crippen molar-refractivity contribution in [1.82, 2.24) is 0 Å². The number of nitrogens with two attached hydrogens (primary N) is 1. The lowest BCUT2D eigenvalue weighted by Crippen LogP contribution is -2.29. The van der Waals surface area contributed by atoms with Crippen LogP contribution in [-0.4, -0.2) is 18.5 Å². The third-order valence-corrected chi connectivity index (χ3v) is 3.33. The second kappa shape index (κ2) is 7.65. The fourth-order valence-electron chi connectivity index (χ4n) is 2.12. The van der Waals surface area contributed by atoms with E-state index in [1.807, 2.05) is 6.07 Å². The number of esters is 1. The molecule has 0 aliphatic heterocycles. The van der Waals surface area contributed by atoms with E-state index in [4.69, 9.17) is 22.1 Å². The zero-order valence-electron chi connectivity index (χ0n) is 12.7. The molecule has 0 spiro atoms. The van der Waals surface area contributed by atoms with Crippen LogP contribution in [0.25, 0.3) is 0 Å². The molecule has 1 amide bonds. The molecular weight excluding hydrogens is 316 g/mol.